The first kappa shape index (κ1) is 23.8. The molecule has 0 saturated heterocycles. The molecule has 27 heavy (non-hydrogen) atoms. The summed E-state index contributed by atoms with van der Waals surface area (Å²) in [6.07, 6.45) is 13.4. The largest absolute Gasteiger partial charge is 0.481 e. The van der Waals surface area contributed by atoms with Crippen LogP contribution in [-0.2, 0) is 9.59 Å². The number of carbonyl (C=O) groups is 2. The van der Waals surface area contributed by atoms with E-state index in [0.29, 0.717) is 0 Å². The van der Waals surface area contributed by atoms with Crippen molar-refractivity contribution in [3.05, 3.63) is 12.2 Å². The highest BCUT2D eigenvalue weighted by atomic mass is 16.4. The second-order valence-electron chi connectivity index (χ2n) is 7.92. The molecule has 1 aliphatic rings. The average molecular weight is 383 g/mol. The Morgan fingerprint density at radius 1 is 1.11 bits per heavy atom. The van der Waals surface area contributed by atoms with Crippen molar-refractivity contribution in [2.75, 3.05) is 0 Å². The van der Waals surface area contributed by atoms with Crippen molar-refractivity contribution in [1.29, 1.82) is 0 Å². The van der Waals surface area contributed by atoms with E-state index in [2.05, 4.69) is 6.92 Å². The molecule has 5 nitrogen and oxygen atoms in total. The number of hydrogen-bond acceptors (Lipinski definition) is 4. The predicted octanol–water partition coefficient (Wildman–Crippen LogP) is 4.26. The Labute approximate surface area is 163 Å². The number of aliphatic hydroxyl groups excluding tert-OH is 2. The normalized spacial score (nSPS) is 24.0. The quantitative estimate of drug-likeness (QED) is 0.291. The highest BCUT2D eigenvalue weighted by Crippen LogP contribution is 2.34. The molecule has 156 valence electrons. The molecule has 0 aromatic heterocycles. The summed E-state index contributed by atoms with van der Waals surface area (Å²) in [7, 11) is 0. The van der Waals surface area contributed by atoms with Gasteiger partial charge >= 0.3 is 5.97 Å². The van der Waals surface area contributed by atoms with Crippen molar-refractivity contribution in [1.82, 2.24) is 0 Å². The molecule has 0 aromatic carbocycles. The Hall–Kier alpha value is -1.20. The fourth-order valence-corrected chi connectivity index (χ4v) is 3.90. The summed E-state index contributed by atoms with van der Waals surface area (Å²) in [5.41, 5.74) is 0. The molecule has 0 aliphatic heterocycles. The van der Waals surface area contributed by atoms with Crippen molar-refractivity contribution in [3.63, 3.8) is 0 Å². The van der Waals surface area contributed by atoms with Gasteiger partial charge in [-0.3, -0.25) is 9.59 Å². The maximum absolute atomic E-state index is 12.2. The summed E-state index contributed by atoms with van der Waals surface area (Å²) < 4.78 is 0. The summed E-state index contributed by atoms with van der Waals surface area (Å²) in [6, 6.07) is 0. The number of hydrogen-bond donors (Lipinski definition) is 3. The second kappa shape index (κ2) is 13.9. The highest BCUT2D eigenvalue weighted by molar-refractivity contribution is 5.84. The molecule has 0 bridgehead atoms. The number of ketones is 1. The SMILES string of the molecule is CCCCCC(O)/C=C/[C@H]1C(O)CC(=O)C1CCCCCCCCC(=O)O. The lowest BCUT2D eigenvalue weighted by atomic mass is 9.88. The predicted molar refractivity (Wildman–Crippen MR) is 106 cm³/mol. The third-order valence-electron chi connectivity index (χ3n) is 5.55. The summed E-state index contributed by atoms with van der Waals surface area (Å²) in [4.78, 5) is 22.7. The van der Waals surface area contributed by atoms with Crippen molar-refractivity contribution in [2.24, 2.45) is 11.8 Å². The van der Waals surface area contributed by atoms with E-state index in [0.717, 1.165) is 70.6 Å². The minimum Gasteiger partial charge on any atom is -0.481 e. The summed E-state index contributed by atoms with van der Waals surface area (Å²) in [5.74, 6) is -0.901. The minimum absolute atomic E-state index is 0.133. The lowest BCUT2D eigenvalue weighted by molar-refractivity contribution is -0.137. The fourth-order valence-electron chi connectivity index (χ4n) is 3.90. The first-order chi connectivity index (χ1) is 13.0. The Kier molecular flexibility index (Phi) is 12.3. The molecule has 4 atom stereocenters. The maximum atomic E-state index is 12.2. The molecule has 5 heteroatoms. The van der Waals surface area contributed by atoms with E-state index in [9.17, 15) is 19.8 Å². The van der Waals surface area contributed by atoms with Crippen molar-refractivity contribution in [3.8, 4) is 0 Å². The third kappa shape index (κ3) is 10.1. The van der Waals surface area contributed by atoms with E-state index in [1.807, 2.05) is 6.08 Å². The lowest BCUT2D eigenvalue weighted by Gasteiger charge is -2.18. The van der Waals surface area contributed by atoms with Crippen molar-refractivity contribution < 1.29 is 24.9 Å². The molecular formula is C22H38O5. The highest BCUT2D eigenvalue weighted by Gasteiger charge is 2.39. The molecule has 3 unspecified atom stereocenters. The molecule has 0 amide bonds. The second-order valence-corrected chi connectivity index (χ2v) is 7.92. The van der Waals surface area contributed by atoms with Crippen LogP contribution < -0.4 is 0 Å². The summed E-state index contributed by atoms with van der Waals surface area (Å²) >= 11 is 0. The molecule has 1 fully saturated rings. The number of Topliss-reactive ketones (excluding diaryl/α,β-unsaturated/α-hetero) is 1. The van der Waals surface area contributed by atoms with Crippen LogP contribution in [0.15, 0.2) is 12.2 Å². The average Bonchev–Trinajstić information content (AvgIpc) is 2.88. The molecule has 0 heterocycles. The minimum atomic E-state index is -0.733. The third-order valence-corrected chi connectivity index (χ3v) is 5.55. The Balaban J connectivity index is 2.30. The maximum Gasteiger partial charge on any atom is 0.303 e. The Bertz CT molecular complexity index is 460. The van der Waals surface area contributed by atoms with Gasteiger partial charge in [0.25, 0.3) is 0 Å². The van der Waals surface area contributed by atoms with Gasteiger partial charge in [-0.25, -0.2) is 0 Å². The zero-order valence-electron chi connectivity index (χ0n) is 16.8. The zero-order valence-corrected chi connectivity index (χ0v) is 16.8. The van der Waals surface area contributed by atoms with Crippen molar-refractivity contribution in [2.45, 2.75) is 103 Å². The zero-order chi connectivity index (χ0) is 20.1. The van der Waals surface area contributed by atoms with Crippen LogP contribution in [0, 0.1) is 11.8 Å². The van der Waals surface area contributed by atoms with Gasteiger partial charge in [0.1, 0.15) is 5.78 Å². The lowest BCUT2D eigenvalue weighted by Crippen LogP contribution is -2.19. The first-order valence-electron chi connectivity index (χ1n) is 10.7. The number of carbonyl (C=O) groups excluding carboxylic acids is 1. The number of carboxylic acid groups (broad SMARTS) is 1. The molecule has 0 spiro atoms. The molecule has 1 saturated carbocycles. The number of aliphatic carboxylic acids is 1. The molecular weight excluding hydrogens is 344 g/mol. The summed E-state index contributed by atoms with van der Waals surface area (Å²) in [5, 5.41) is 28.8. The van der Waals surface area contributed by atoms with Crippen molar-refractivity contribution >= 4 is 11.8 Å². The van der Waals surface area contributed by atoms with Gasteiger partial charge in [0.15, 0.2) is 0 Å². The number of aliphatic hydroxyl groups is 2. The van der Waals surface area contributed by atoms with Crippen LogP contribution in [0.2, 0.25) is 0 Å². The topological polar surface area (TPSA) is 94.8 Å². The Morgan fingerprint density at radius 2 is 1.78 bits per heavy atom. The molecule has 1 rings (SSSR count). The van der Waals surface area contributed by atoms with Crippen LogP contribution in [0.3, 0.4) is 0 Å². The van der Waals surface area contributed by atoms with Gasteiger partial charge in [-0.05, 0) is 19.3 Å². The smallest absolute Gasteiger partial charge is 0.303 e. The van der Waals surface area contributed by atoms with E-state index in [1.165, 1.54) is 0 Å². The van der Waals surface area contributed by atoms with E-state index < -0.39 is 18.2 Å². The number of carboxylic acids is 1. The van der Waals surface area contributed by atoms with Gasteiger partial charge in [0.05, 0.1) is 12.2 Å². The van der Waals surface area contributed by atoms with E-state index in [-0.39, 0.29) is 30.5 Å². The monoisotopic (exact) mass is 382 g/mol. The van der Waals surface area contributed by atoms with Crippen LogP contribution in [0.4, 0.5) is 0 Å². The van der Waals surface area contributed by atoms with Gasteiger partial charge in [-0.2, -0.15) is 0 Å². The Morgan fingerprint density at radius 3 is 2.44 bits per heavy atom. The number of unbranched alkanes of at least 4 members (excludes halogenated alkanes) is 7. The fraction of sp³-hybridized carbons (Fsp3) is 0.818. The molecule has 0 radical (unpaired) electrons. The van der Waals surface area contributed by atoms with E-state index >= 15 is 0 Å². The van der Waals surface area contributed by atoms with Crippen LogP contribution in [0.5, 0.6) is 0 Å². The van der Waals surface area contributed by atoms with E-state index in [1.54, 1.807) is 6.08 Å². The van der Waals surface area contributed by atoms with Crippen LogP contribution >= 0.6 is 0 Å². The molecule has 0 aromatic rings. The van der Waals surface area contributed by atoms with Gasteiger partial charge in [-0.15, -0.1) is 0 Å². The van der Waals surface area contributed by atoms with Gasteiger partial charge in [-0.1, -0.05) is 70.4 Å². The van der Waals surface area contributed by atoms with Gasteiger partial charge < -0.3 is 15.3 Å². The standard InChI is InChI=1S/C22H38O5/c1-2-3-8-11-17(23)14-15-19-18(20(24)16-21(19)25)12-9-6-4-5-7-10-13-22(26)27/h14-15,17-19,21,23,25H,2-13,16H2,1H3,(H,26,27)/b15-14+/t17?,18?,19-,21?/m1/s1. The van der Waals surface area contributed by atoms with Gasteiger partial charge in [0, 0.05) is 24.7 Å². The van der Waals surface area contributed by atoms with Gasteiger partial charge in [0.2, 0.25) is 0 Å². The van der Waals surface area contributed by atoms with Crippen LogP contribution in [0.1, 0.15) is 90.4 Å². The van der Waals surface area contributed by atoms with Crippen LogP contribution in [0.25, 0.3) is 0 Å². The van der Waals surface area contributed by atoms with Crippen LogP contribution in [-0.4, -0.2) is 39.3 Å². The first-order valence-corrected chi connectivity index (χ1v) is 10.7. The molecule has 1 aliphatic carbocycles. The molecule has 3 N–H and O–H groups in total. The van der Waals surface area contributed by atoms with E-state index in [4.69, 9.17) is 5.11 Å². The number of rotatable bonds is 15. The summed E-state index contributed by atoms with van der Waals surface area (Å²) in [6.45, 7) is 2.13.